The minimum absolute atomic E-state index is 0.0501. The highest BCUT2D eigenvalue weighted by atomic mass is 32.2. The van der Waals surface area contributed by atoms with Crippen LogP contribution in [0.25, 0.3) is 0 Å². The number of benzene rings is 1. The first-order chi connectivity index (χ1) is 19.5. The van der Waals surface area contributed by atoms with Crippen molar-refractivity contribution in [1.82, 2.24) is 0 Å². The predicted molar refractivity (Wildman–Crippen MR) is 168 cm³/mol. The molecule has 2 rings (SSSR count). The Morgan fingerprint density at radius 2 is 0.975 bits per heavy atom. The molecule has 228 valence electrons. The topological polar surface area (TPSA) is 61.1 Å². The largest absolute Gasteiger partial charge is 0.744 e. The molecule has 0 aliphatic carbocycles. The van der Waals surface area contributed by atoms with E-state index in [2.05, 4.69) is 49.0 Å². The van der Waals surface area contributed by atoms with Crippen molar-refractivity contribution in [1.29, 1.82) is 0 Å². The molecule has 0 atom stereocenters. The van der Waals surface area contributed by atoms with E-state index in [1.807, 2.05) is 0 Å². The summed E-state index contributed by atoms with van der Waals surface area (Å²) in [5.41, 5.74) is 0.664. The van der Waals surface area contributed by atoms with E-state index < -0.39 is 10.1 Å². The Kier molecular flexibility index (Phi) is 22.7. The lowest BCUT2D eigenvalue weighted by molar-refractivity contribution is -0.697. The van der Waals surface area contributed by atoms with Gasteiger partial charge in [-0.25, -0.2) is 13.0 Å². The van der Waals surface area contributed by atoms with Crippen molar-refractivity contribution in [3.05, 3.63) is 60.4 Å². The molecule has 0 unspecified atom stereocenters. The summed E-state index contributed by atoms with van der Waals surface area (Å²) in [6.07, 6.45) is 31.6. The second kappa shape index (κ2) is 25.0. The average molecular weight is 574 g/mol. The van der Waals surface area contributed by atoms with Gasteiger partial charge in [-0.3, -0.25) is 0 Å². The van der Waals surface area contributed by atoms with Gasteiger partial charge in [0.25, 0.3) is 0 Å². The Hall–Kier alpha value is -1.72. The van der Waals surface area contributed by atoms with Gasteiger partial charge in [-0.1, -0.05) is 147 Å². The molecule has 0 amide bonds. The summed E-state index contributed by atoms with van der Waals surface area (Å²) < 4.78 is 35.8. The first-order valence-corrected chi connectivity index (χ1v) is 17.9. The van der Waals surface area contributed by atoms with Crippen LogP contribution in [0.2, 0.25) is 0 Å². The zero-order chi connectivity index (χ0) is 29.2. The first kappa shape index (κ1) is 36.3. The molecule has 0 saturated heterocycles. The Morgan fingerprint density at radius 3 is 1.45 bits per heavy atom. The molecule has 0 radical (unpaired) electrons. The number of aromatic nitrogens is 1. The third-order valence-electron chi connectivity index (χ3n) is 7.59. The first-order valence-electron chi connectivity index (χ1n) is 16.5. The molecule has 0 spiro atoms. The minimum atomic E-state index is -4.35. The van der Waals surface area contributed by atoms with E-state index in [-0.39, 0.29) is 4.90 Å². The van der Waals surface area contributed by atoms with Gasteiger partial charge >= 0.3 is 0 Å². The molecule has 1 aromatic carbocycles. The fraction of sp³-hybridized carbons (Fsp3) is 0.686. The number of nitrogens with zero attached hydrogens (tertiary/aromatic N) is 1. The molecule has 0 aliphatic heterocycles. The van der Waals surface area contributed by atoms with Crippen molar-refractivity contribution in [2.45, 2.75) is 160 Å². The standard InChI is InChI=1S/C18H30O3S.C17H30N/c1-2-3-4-5-6-7-8-9-10-11-14-17-15-12-13-16-18(17)22(19,20)21;1-2-3-4-5-6-7-8-9-10-12-15-18-16-13-11-14-17-18/h12-13,15-16H,2-11,14H2,1H3,(H,19,20,21);11,13-14,16-17H,2-10,12,15H2,1H3/q;+1/p-1. The summed E-state index contributed by atoms with van der Waals surface area (Å²) in [6.45, 7) is 5.69. The van der Waals surface area contributed by atoms with E-state index in [9.17, 15) is 13.0 Å². The normalized spacial score (nSPS) is 11.3. The van der Waals surface area contributed by atoms with Gasteiger partial charge in [0.1, 0.15) is 16.7 Å². The Labute approximate surface area is 247 Å². The van der Waals surface area contributed by atoms with Gasteiger partial charge in [0.2, 0.25) is 0 Å². The van der Waals surface area contributed by atoms with Crippen LogP contribution in [0.3, 0.4) is 0 Å². The molecule has 0 saturated carbocycles. The third-order valence-corrected chi connectivity index (χ3v) is 8.53. The van der Waals surface area contributed by atoms with Crippen LogP contribution < -0.4 is 4.57 Å². The van der Waals surface area contributed by atoms with E-state index in [0.29, 0.717) is 12.0 Å². The minimum Gasteiger partial charge on any atom is -0.744 e. The number of aryl methyl sites for hydroxylation is 2. The summed E-state index contributed by atoms with van der Waals surface area (Å²) in [6, 6.07) is 12.8. The fourth-order valence-electron chi connectivity index (χ4n) is 5.12. The van der Waals surface area contributed by atoms with Crippen molar-refractivity contribution >= 4 is 10.1 Å². The highest BCUT2D eigenvalue weighted by Crippen LogP contribution is 2.18. The van der Waals surface area contributed by atoms with Crippen molar-refractivity contribution in [2.75, 3.05) is 0 Å². The third kappa shape index (κ3) is 20.2. The van der Waals surface area contributed by atoms with Crippen LogP contribution >= 0.6 is 0 Å². The smallest absolute Gasteiger partial charge is 0.168 e. The Morgan fingerprint density at radius 1 is 0.550 bits per heavy atom. The van der Waals surface area contributed by atoms with Crippen LogP contribution in [0.15, 0.2) is 59.8 Å². The summed E-state index contributed by atoms with van der Waals surface area (Å²) in [7, 11) is -4.35. The van der Waals surface area contributed by atoms with E-state index in [1.165, 1.54) is 128 Å². The molecule has 5 heteroatoms. The molecule has 0 bridgehead atoms. The number of hydrogen-bond acceptors (Lipinski definition) is 3. The van der Waals surface area contributed by atoms with Crippen molar-refractivity contribution in [3.63, 3.8) is 0 Å². The molecule has 1 aromatic heterocycles. The van der Waals surface area contributed by atoms with Gasteiger partial charge in [0.15, 0.2) is 12.4 Å². The lowest BCUT2D eigenvalue weighted by atomic mass is 10.0. The summed E-state index contributed by atoms with van der Waals surface area (Å²) in [5.74, 6) is 0. The zero-order valence-corrected chi connectivity index (χ0v) is 26.6. The van der Waals surface area contributed by atoms with Crippen molar-refractivity contribution in [3.8, 4) is 0 Å². The van der Waals surface area contributed by atoms with Crippen LogP contribution in [0.5, 0.6) is 0 Å². The quantitative estimate of drug-likeness (QED) is 0.0755. The summed E-state index contributed by atoms with van der Waals surface area (Å²) >= 11 is 0. The van der Waals surface area contributed by atoms with Crippen molar-refractivity contribution < 1.29 is 17.5 Å². The molecule has 0 aliphatic rings. The molecular weight excluding hydrogens is 514 g/mol. The second-order valence-electron chi connectivity index (χ2n) is 11.3. The van der Waals surface area contributed by atoms with Gasteiger partial charge in [0, 0.05) is 18.6 Å². The van der Waals surface area contributed by atoms with E-state index in [0.717, 1.165) is 12.8 Å². The Balaban J connectivity index is 0.000000408. The maximum atomic E-state index is 11.2. The summed E-state index contributed by atoms with van der Waals surface area (Å²) in [4.78, 5) is -0.0501. The van der Waals surface area contributed by atoms with Gasteiger partial charge in [-0.2, -0.15) is 0 Å². The van der Waals surface area contributed by atoms with Crippen LogP contribution in [-0.4, -0.2) is 13.0 Å². The Bertz CT molecular complexity index is 931. The highest BCUT2D eigenvalue weighted by molar-refractivity contribution is 7.85. The molecule has 1 heterocycles. The monoisotopic (exact) mass is 573 g/mol. The zero-order valence-electron chi connectivity index (χ0n) is 25.8. The van der Waals surface area contributed by atoms with Crippen LogP contribution in [0.1, 0.15) is 148 Å². The van der Waals surface area contributed by atoms with Crippen LogP contribution in [-0.2, 0) is 23.1 Å². The molecule has 0 fully saturated rings. The van der Waals surface area contributed by atoms with E-state index in [1.54, 1.807) is 18.2 Å². The van der Waals surface area contributed by atoms with Gasteiger partial charge in [-0.05, 0) is 30.9 Å². The number of hydrogen-bond donors (Lipinski definition) is 0. The second-order valence-corrected chi connectivity index (χ2v) is 12.6. The molecule has 4 nitrogen and oxygen atoms in total. The fourth-order valence-corrected chi connectivity index (χ4v) is 5.86. The van der Waals surface area contributed by atoms with E-state index in [4.69, 9.17) is 0 Å². The van der Waals surface area contributed by atoms with Gasteiger partial charge < -0.3 is 4.55 Å². The maximum Gasteiger partial charge on any atom is 0.168 e. The van der Waals surface area contributed by atoms with Crippen LogP contribution in [0.4, 0.5) is 0 Å². The molecule has 0 N–H and O–H groups in total. The number of unbranched alkanes of at least 4 members (excludes halogenated alkanes) is 18. The molecule has 40 heavy (non-hydrogen) atoms. The summed E-state index contributed by atoms with van der Waals surface area (Å²) in [5, 5.41) is 0. The molecule has 2 aromatic rings. The van der Waals surface area contributed by atoms with Gasteiger partial charge in [-0.15, -0.1) is 0 Å². The van der Waals surface area contributed by atoms with E-state index >= 15 is 0 Å². The molecular formula is C35H59NO3S. The van der Waals surface area contributed by atoms with Gasteiger partial charge in [0.05, 0.1) is 4.90 Å². The lowest BCUT2D eigenvalue weighted by Gasteiger charge is -2.12. The maximum absolute atomic E-state index is 11.2. The number of rotatable bonds is 23. The van der Waals surface area contributed by atoms with Crippen LogP contribution in [0, 0.1) is 0 Å². The predicted octanol–water partition coefficient (Wildman–Crippen LogP) is 9.95. The van der Waals surface area contributed by atoms with Crippen molar-refractivity contribution in [2.24, 2.45) is 0 Å². The highest BCUT2D eigenvalue weighted by Gasteiger charge is 2.07. The SMILES string of the molecule is CCCCCCCCCCCC[n+]1ccccc1.CCCCCCCCCCCCc1ccccc1S(=O)(=O)[O-]. The number of pyridine rings is 1. The lowest BCUT2D eigenvalue weighted by Crippen LogP contribution is -2.32. The average Bonchev–Trinajstić information content (AvgIpc) is 2.96.